The van der Waals surface area contributed by atoms with Gasteiger partial charge in [-0.3, -0.25) is 4.79 Å². The Kier molecular flexibility index (Phi) is 3.75. The van der Waals surface area contributed by atoms with Gasteiger partial charge in [0.15, 0.2) is 0 Å². The van der Waals surface area contributed by atoms with Crippen LogP contribution < -0.4 is 10.9 Å². The van der Waals surface area contributed by atoms with Crippen molar-refractivity contribution in [1.29, 1.82) is 0 Å². The minimum Gasteiger partial charge on any atom is -0.493 e. The Morgan fingerprint density at radius 3 is 2.48 bits per heavy atom. The molecule has 2 aromatic rings. The average Bonchev–Trinajstić information content (AvgIpc) is 2.49. The summed E-state index contributed by atoms with van der Waals surface area (Å²) in [5.74, 6) is 0.614. The molecule has 0 saturated carbocycles. The van der Waals surface area contributed by atoms with E-state index >= 15 is 0 Å². The summed E-state index contributed by atoms with van der Waals surface area (Å²) in [5, 5.41) is 13.5. The maximum absolute atomic E-state index is 12.3. The van der Waals surface area contributed by atoms with Gasteiger partial charge in [-0.2, -0.15) is 4.98 Å². The van der Waals surface area contributed by atoms with Gasteiger partial charge in [-0.15, -0.1) is 0 Å². The molecule has 1 aromatic heterocycles. The van der Waals surface area contributed by atoms with Gasteiger partial charge in [0.2, 0.25) is 5.88 Å². The molecule has 0 unspecified atom stereocenters. The lowest BCUT2D eigenvalue weighted by Gasteiger charge is -2.21. The van der Waals surface area contributed by atoms with Crippen molar-refractivity contribution in [1.82, 2.24) is 15.3 Å². The van der Waals surface area contributed by atoms with Crippen LogP contribution in [-0.2, 0) is 0 Å². The van der Waals surface area contributed by atoms with E-state index in [1.54, 1.807) is 0 Å². The van der Waals surface area contributed by atoms with Gasteiger partial charge in [0.05, 0.1) is 0 Å². The first kappa shape index (κ1) is 13.8. The van der Waals surface area contributed by atoms with E-state index in [0.29, 0.717) is 11.4 Å². The quantitative estimate of drug-likeness (QED) is 0.787. The number of piperidine rings is 1. The predicted octanol–water partition coefficient (Wildman–Crippen LogP) is 1.92. The fraction of sp³-hybridized carbons (Fsp3) is 0.375. The highest BCUT2D eigenvalue weighted by molar-refractivity contribution is 5.67. The van der Waals surface area contributed by atoms with Crippen molar-refractivity contribution in [3.8, 4) is 17.0 Å². The van der Waals surface area contributed by atoms with Crippen molar-refractivity contribution < 1.29 is 5.11 Å². The summed E-state index contributed by atoms with van der Waals surface area (Å²) in [5.41, 5.74) is 1.75. The molecule has 110 valence electrons. The number of aromatic hydroxyl groups is 1. The van der Waals surface area contributed by atoms with E-state index in [0.717, 1.165) is 31.5 Å². The second-order valence-electron chi connectivity index (χ2n) is 5.54. The molecular formula is C16H19N3O2. The molecule has 1 aliphatic rings. The first-order valence-electron chi connectivity index (χ1n) is 7.26. The molecule has 1 aromatic carbocycles. The van der Waals surface area contributed by atoms with Crippen molar-refractivity contribution in [3.05, 3.63) is 46.0 Å². The second kappa shape index (κ2) is 5.69. The normalized spacial score (nSPS) is 16.0. The second-order valence-corrected chi connectivity index (χ2v) is 5.54. The van der Waals surface area contributed by atoms with Crippen LogP contribution in [0.25, 0.3) is 11.1 Å². The number of H-pyrrole nitrogens is 1. The van der Waals surface area contributed by atoms with Crippen LogP contribution in [0.5, 0.6) is 5.88 Å². The molecule has 0 atom stereocenters. The molecule has 21 heavy (non-hydrogen) atoms. The number of benzene rings is 1. The molecule has 0 aliphatic carbocycles. The summed E-state index contributed by atoms with van der Waals surface area (Å²) in [6.07, 6.45) is 1.85. The van der Waals surface area contributed by atoms with Crippen LogP contribution in [-0.4, -0.2) is 28.2 Å². The third-order valence-electron chi connectivity index (χ3n) is 3.98. The zero-order valence-electron chi connectivity index (χ0n) is 12.0. The summed E-state index contributed by atoms with van der Waals surface area (Å²) in [7, 11) is 0. The third-order valence-corrected chi connectivity index (χ3v) is 3.98. The van der Waals surface area contributed by atoms with Crippen LogP contribution in [0.1, 0.15) is 30.1 Å². The van der Waals surface area contributed by atoms with Crippen molar-refractivity contribution >= 4 is 0 Å². The summed E-state index contributed by atoms with van der Waals surface area (Å²) < 4.78 is 0. The van der Waals surface area contributed by atoms with Gasteiger partial charge in [0.1, 0.15) is 11.4 Å². The van der Waals surface area contributed by atoms with E-state index in [-0.39, 0.29) is 22.9 Å². The van der Waals surface area contributed by atoms with Crippen molar-refractivity contribution in [2.45, 2.75) is 25.7 Å². The minimum atomic E-state index is -0.278. The number of aromatic amines is 1. The number of hydrogen-bond donors (Lipinski definition) is 3. The fourth-order valence-electron chi connectivity index (χ4n) is 2.75. The number of aromatic nitrogens is 2. The molecule has 0 spiro atoms. The van der Waals surface area contributed by atoms with Crippen molar-refractivity contribution in [2.24, 2.45) is 0 Å². The Labute approximate surface area is 123 Å². The summed E-state index contributed by atoms with van der Waals surface area (Å²) in [6.45, 7) is 3.80. The van der Waals surface area contributed by atoms with Gasteiger partial charge >= 0.3 is 0 Å². The van der Waals surface area contributed by atoms with Gasteiger partial charge in [-0.25, -0.2) is 0 Å². The molecule has 5 nitrogen and oxygen atoms in total. The van der Waals surface area contributed by atoms with Crippen molar-refractivity contribution in [2.75, 3.05) is 13.1 Å². The Morgan fingerprint density at radius 2 is 1.86 bits per heavy atom. The predicted molar refractivity (Wildman–Crippen MR) is 81.5 cm³/mol. The highest BCUT2D eigenvalue weighted by atomic mass is 16.3. The molecule has 1 fully saturated rings. The molecule has 2 heterocycles. The van der Waals surface area contributed by atoms with E-state index in [1.807, 2.05) is 31.2 Å². The van der Waals surface area contributed by atoms with Gasteiger partial charge in [0.25, 0.3) is 5.56 Å². The Hall–Kier alpha value is -2.14. The zero-order chi connectivity index (χ0) is 14.8. The lowest BCUT2D eigenvalue weighted by Crippen LogP contribution is -2.28. The van der Waals surface area contributed by atoms with E-state index in [2.05, 4.69) is 15.3 Å². The molecule has 0 bridgehead atoms. The van der Waals surface area contributed by atoms with E-state index in [1.165, 1.54) is 0 Å². The van der Waals surface area contributed by atoms with E-state index in [9.17, 15) is 9.90 Å². The molecular weight excluding hydrogens is 266 g/mol. The summed E-state index contributed by atoms with van der Waals surface area (Å²) in [4.78, 5) is 19.4. The van der Waals surface area contributed by atoms with Crippen LogP contribution in [0.4, 0.5) is 0 Å². The van der Waals surface area contributed by atoms with Gasteiger partial charge in [0, 0.05) is 5.92 Å². The highest BCUT2D eigenvalue weighted by Crippen LogP contribution is 2.27. The largest absolute Gasteiger partial charge is 0.493 e. The standard InChI is InChI=1S/C16H19N3O2/c1-10-2-4-11(5-3-10)13-15(20)18-14(19-16(13)21)12-6-8-17-9-7-12/h2-5,12,17H,6-9H2,1H3,(H2,18,19,20,21). The highest BCUT2D eigenvalue weighted by Gasteiger charge is 2.20. The molecule has 5 heteroatoms. The van der Waals surface area contributed by atoms with E-state index < -0.39 is 0 Å². The van der Waals surface area contributed by atoms with Crippen LogP contribution in [0.3, 0.4) is 0 Å². The molecule has 1 aliphatic heterocycles. The molecule has 3 N–H and O–H groups in total. The number of nitrogens with one attached hydrogen (secondary N) is 2. The molecule has 3 rings (SSSR count). The first-order chi connectivity index (χ1) is 10.1. The van der Waals surface area contributed by atoms with Crippen molar-refractivity contribution in [3.63, 3.8) is 0 Å². The first-order valence-corrected chi connectivity index (χ1v) is 7.26. The van der Waals surface area contributed by atoms with E-state index in [4.69, 9.17) is 0 Å². The van der Waals surface area contributed by atoms with Crippen LogP contribution in [0.2, 0.25) is 0 Å². The molecule has 0 radical (unpaired) electrons. The van der Waals surface area contributed by atoms with Gasteiger partial charge < -0.3 is 15.4 Å². The maximum atomic E-state index is 12.3. The average molecular weight is 285 g/mol. The van der Waals surface area contributed by atoms with Gasteiger partial charge in [-0.05, 0) is 38.4 Å². The zero-order valence-corrected chi connectivity index (χ0v) is 12.0. The number of nitrogens with zero attached hydrogens (tertiary/aromatic N) is 1. The lowest BCUT2D eigenvalue weighted by molar-refractivity contribution is 0.420. The minimum absolute atomic E-state index is 0.184. The maximum Gasteiger partial charge on any atom is 0.262 e. The fourth-order valence-corrected chi connectivity index (χ4v) is 2.75. The number of hydrogen-bond acceptors (Lipinski definition) is 4. The van der Waals surface area contributed by atoms with Crippen LogP contribution in [0.15, 0.2) is 29.1 Å². The molecule has 1 saturated heterocycles. The Bertz CT molecular complexity index is 686. The Morgan fingerprint density at radius 1 is 1.19 bits per heavy atom. The third kappa shape index (κ3) is 2.83. The van der Waals surface area contributed by atoms with Crippen LogP contribution in [0, 0.1) is 6.92 Å². The number of rotatable bonds is 2. The SMILES string of the molecule is Cc1ccc(-c2c(O)nc(C3CCNCC3)[nH]c2=O)cc1. The van der Waals surface area contributed by atoms with Crippen LogP contribution >= 0.6 is 0 Å². The summed E-state index contributed by atoms with van der Waals surface area (Å²) in [6, 6.07) is 7.47. The monoisotopic (exact) mass is 285 g/mol. The topological polar surface area (TPSA) is 78.0 Å². The van der Waals surface area contributed by atoms with Gasteiger partial charge in [-0.1, -0.05) is 29.8 Å². The summed E-state index contributed by atoms with van der Waals surface area (Å²) >= 11 is 0. The molecule has 0 amide bonds. The smallest absolute Gasteiger partial charge is 0.262 e. The lowest BCUT2D eigenvalue weighted by atomic mass is 9.97. The number of aryl methyl sites for hydroxylation is 1. The Balaban J connectivity index is 2.00.